The van der Waals surface area contributed by atoms with Crippen LogP contribution in [0.15, 0.2) is 29.4 Å². The van der Waals surface area contributed by atoms with Crippen molar-refractivity contribution < 1.29 is 18.3 Å². The van der Waals surface area contributed by atoms with E-state index in [0.717, 1.165) is 0 Å². The van der Waals surface area contributed by atoms with Crippen LogP contribution in [-0.2, 0) is 4.79 Å². The Hall–Kier alpha value is -2.38. The van der Waals surface area contributed by atoms with Gasteiger partial charge >= 0.3 is 6.61 Å². The van der Waals surface area contributed by atoms with Crippen molar-refractivity contribution in [2.24, 2.45) is 10.8 Å². The van der Waals surface area contributed by atoms with Gasteiger partial charge in [-0.1, -0.05) is 23.3 Å². The third-order valence-electron chi connectivity index (χ3n) is 2.58. The molecule has 0 radical (unpaired) electrons. The average Bonchev–Trinajstić information content (AvgIpc) is 2.43. The first-order chi connectivity index (χ1) is 10.1. The van der Waals surface area contributed by atoms with Crippen molar-refractivity contribution in [1.29, 1.82) is 0 Å². The van der Waals surface area contributed by atoms with Gasteiger partial charge in [0.25, 0.3) is 0 Å². The second-order valence-electron chi connectivity index (χ2n) is 4.01. The number of halogens is 2. The van der Waals surface area contributed by atoms with E-state index in [1.165, 1.54) is 18.2 Å². The Balaban J connectivity index is 2.80. The molecule has 21 heavy (non-hydrogen) atoms. The Morgan fingerprint density at radius 2 is 2.19 bits per heavy atom. The van der Waals surface area contributed by atoms with Crippen LogP contribution in [0.2, 0.25) is 0 Å². The zero-order chi connectivity index (χ0) is 15.7. The van der Waals surface area contributed by atoms with Gasteiger partial charge in [-0.25, -0.2) is 0 Å². The number of hydrogen-bond donors (Lipinski definition) is 2. The molecule has 1 atom stereocenters. The maximum atomic E-state index is 12.4. The third kappa shape index (κ3) is 5.64. The summed E-state index contributed by atoms with van der Waals surface area (Å²) in [5, 5.41) is 6.17. The minimum Gasteiger partial charge on any atom is -0.434 e. The fourth-order valence-electron chi connectivity index (χ4n) is 1.73. The number of azide groups is 1. The van der Waals surface area contributed by atoms with Gasteiger partial charge in [-0.2, -0.15) is 8.78 Å². The number of hydrogen-bond acceptors (Lipinski definition) is 4. The number of benzene rings is 1. The lowest BCUT2D eigenvalue weighted by molar-refractivity contribution is -0.120. The van der Waals surface area contributed by atoms with E-state index < -0.39 is 18.6 Å². The van der Waals surface area contributed by atoms with Crippen LogP contribution < -0.4 is 15.8 Å². The molecule has 0 aromatic heterocycles. The van der Waals surface area contributed by atoms with Crippen LogP contribution in [-0.4, -0.2) is 25.6 Å². The summed E-state index contributed by atoms with van der Waals surface area (Å²) < 4.78 is 29.1. The van der Waals surface area contributed by atoms with Crippen molar-refractivity contribution in [2.45, 2.75) is 19.1 Å². The highest BCUT2D eigenvalue weighted by atomic mass is 19.3. The van der Waals surface area contributed by atoms with Gasteiger partial charge in [0.15, 0.2) is 0 Å². The molecule has 0 aliphatic rings. The van der Waals surface area contributed by atoms with Gasteiger partial charge in [0.2, 0.25) is 5.91 Å². The van der Waals surface area contributed by atoms with E-state index in [0.29, 0.717) is 13.0 Å². The number of amides is 1. The van der Waals surface area contributed by atoms with E-state index in [2.05, 4.69) is 20.1 Å². The van der Waals surface area contributed by atoms with E-state index in [9.17, 15) is 13.6 Å². The summed E-state index contributed by atoms with van der Waals surface area (Å²) in [4.78, 5) is 14.1. The van der Waals surface area contributed by atoms with E-state index in [1.54, 1.807) is 6.07 Å². The summed E-state index contributed by atoms with van der Waals surface area (Å²) in [5.41, 5.74) is 13.7. The molecule has 0 saturated heterocycles. The van der Waals surface area contributed by atoms with Crippen LogP contribution in [0.25, 0.3) is 10.4 Å². The molecule has 7 nitrogen and oxygen atoms in total. The first kappa shape index (κ1) is 16.7. The highest BCUT2D eigenvalue weighted by Gasteiger charge is 2.22. The number of primary amides is 1. The molecule has 0 bridgehead atoms. The van der Waals surface area contributed by atoms with Crippen molar-refractivity contribution in [3.63, 3.8) is 0 Å². The molecule has 0 spiro atoms. The number of alkyl halides is 2. The monoisotopic (exact) mass is 299 g/mol. The smallest absolute Gasteiger partial charge is 0.387 e. The molecule has 0 aliphatic carbocycles. The van der Waals surface area contributed by atoms with Gasteiger partial charge in [0.1, 0.15) is 11.8 Å². The number of carbonyl (C=O) groups excluding carboxylic acids is 1. The third-order valence-corrected chi connectivity index (χ3v) is 2.58. The van der Waals surface area contributed by atoms with Gasteiger partial charge in [0, 0.05) is 17.0 Å². The van der Waals surface area contributed by atoms with Crippen LogP contribution in [0.3, 0.4) is 0 Å². The average molecular weight is 299 g/mol. The molecule has 1 amide bonds. The van der Waals surface area contributed by atoms with E-state index in [1.807, 2.05) is 0 Å². The predicted octanol–water partition coefficient (Wildman–Crippen LogP) is 2.10. The minimum absolute atomic E-state index is 0.112. The quantitative estimate of drug-likeness (QED) is 0.315. The normalized spacial score (nSPS) is 11.8. The maximum absolute atomic E-state index is 12.4. The van der Waals surface area contributed by atoms with Gasteiger partial charge in [-0.05, 0) is 24.6 Å². The van der Waals surface area contributed by atoms with Crippen molar-refractivity contribution >= 4 is 5.91 Å². The molecule has 0 aliphatic heterocycles. The van der Waals surface area contributed by atoms with Crippen molar-refractivity contribution in [1.82, 2.24) is 5.32 Å². The SMILES string of the molecule is [N-]=[N+]=NCCCNC(C(N)=O)c1ccccc1OC(F)F. The standard InChI is InChI=1S/C12H15F2N5O2/c13-12(14)21-9-5-2-1-4-8(9)10(11(15)20)17-6-3-7-18-19-16/h1-2,4-5,10,12,17H,3,6-7H2,(H2,15,20). The molecular formula is C12H15F2N5O2. The van der Waals surface area contributed by atoms with E-state index >= 15 is 0 Å². The molecule has 0 fully saturated rings. The Bertz CT molecular complexity index is 520. The summed E-state index contributed by atoms with van der Waals surface area (Å²) in [6.45, 7) is -2.41. The summed E-state index contributed by atoms with van der Waals surface area (Å²) in [5.74, 6) is -0.831. The summed E-state index contributed by atoms with van der Waals surface area (Å²) >= 11 is 0. The summed E-state index contributed by atoms with van der Waals surface area (Å²) in [7, 11) is 0. The molecule has 1 aromatic rings. The second-order valence-corrected chi connectivity index (χ2v) is 4.01. The molecule has 1 unspecified atom stereocenters. The lowest BCUT2D eigenvalue weighted by Crippen LogP contribution is -2.34. The summed E-state index contributed by atoms with van der Waals surface area (Å²) in [6.07, 6.45) is 0.478. The Kier molecular flexibility index (Phi) is 6.93. The molecule has 1 aromatic carbocycles. The number of ether oxygens (including phenoxy) is 1. The summed E-state index contributed by atoms with van der Waals surface area (Å²) in [6, 6.07) is 4.95. The first-order valence-electron chi connectivity index (χ1n) is 6.13. The van der Waals surface area contributed by atoms with Gasteiger partial charge in [0.05, 0.1) is 0 Å². The Morgan fingerprint density at radius 3 is 2.81 bits per heavy atom. The topological polar surface area (TPSA) is 113 Å². The van der Waals surface area contributed by atoms with Crippen molar-refractivity contribution in [2.75, 3.05) is 13.1 Å². The zero-order valence-electron chi connectivity index (χ0n) is 11.1. The number of nitrogens with one attached hydrogen (secondary N) is 1. The molecule has 114 valence electrons. The Morgan fingerprint density at radius 1 is 1.48 bits per heavy atom. The maximum Gasteiger partial charge on any atom is 0.387 e. The molecule has 0 saturated carbocycles. The molecule has 9 heteroatoms. The Labute approximate surface area is 119 Å². The lowest BCUT2D eigenvalue weighted by atomic mass is 10.0. The van der Waals surface area contributed by atoms with Crippen LogP contribution in [0.4, 0.5) is 8.78 Å². The molecule has 3 N–H and O–H groups in total. The number of rotatable bonds is 9. The fourth-order valence-corrected chi connectivity index (χ4v) is 1.73. The van der Waals surface area contributed by atoms with Crippen molar-refractivity contribution in [3.8, 4) is 5.75 Å². The zero-order valence-corrected chi connectivity index (χ0v) is 11.1. The highest BCUT2D eigenvalue weighted by molar-refractivity contribution is 5.82. The molecule has 0 heterocycles. The van der Waals surface area contributed by atoms with E-state index in [-0.39, 0.29) is 17.9 Å². The van der Waals surface area contributed by atoms with Crippen LogP contribution in [0, 0.1) is 0 Å². The fraction of sp³-hybridized carbons (Fsp3) is 0.417. The van der Waals surface area contributed by atoms with Gasteiger partial charge < -0.3 is 15.8 Å². The van der Waals surface area contributed by atoms with Crippen LogP contribution >= 0.6 is 0 Å². The minimum atomic E-state index is -3.00. The highest BCUT2D eigenvalue weighted by Crippen LogP contribution is 2.26. The number of para-hydroxylation sites is 1. The number of nitrogens with two attached hydrogens (primary N) is 1. The van der Waals surface area contributed by atoms with Gasteiger partial charge in [-0.15, -0.1) is 0 Å². The second kappa shape index (κ2) is 8.72. The largest absolute Gasteiger partial charge is 0.434 e. The molecular weight excluding hydrogens is 284 g/mol. The number of carbonyl (C=O) groups is 1. The van der Waals surface area contributed by atoms with Crippen LogP contribution in [0.5, 0.6) is 5.75 Å². The predicted molar refractivity (Wildman–Crippen MR) is 71.6 cm³/mol. The molecule has 1 rings (SSSR count). The van der Waals surface area contributed by atoms with E-state index in [4.69, 9.17) is 11.3 Å². The van der Waals surface area contributed by atoms with Crippen molar-refractivity contribution in [3.05, 3.63) is 40.3 Å². The number of nitrogens with zero attached hydrogens (tertiary/aromatic N) is 3. The first-order valence-corrected chi connectivity index (χ1v) is 6.13. The van der Waals surface area contributed by atoms with Gasteiger partial charge in [-0.3, -0.25) is 4.79 Å². The lowest BCUT2D eigenvalue weighted by Gasteiger charge is -2.19. The van der Waals surface area contributed by atoms with Crippen LogP contribution in [0.1, 0.15) is 18.0 Å².